The fraction of sp³-hybridized carbons (Fsp3) is 0.0952. The van der Waals surface area contributed by atoms with Gasteiger partial charge in [-0.3, -0.25) is 14.5 Å². The third-order valence-corrected chi connectivity index (χ3v) is 5.89. The Balaban J connectivity index is 1.79. The number of carbonyl (C=O) groups is 1. The number of halogens is 2. The predicted molar refractivity (Wildman–Crippen MR) is 116 cm³/mol. The molecule has 8 nitrogen and oxygen atoms in total. The first-order valence-electron chi connectivity index (χ1n) is 9.36. The molecule has 0 fully saturated rings. The van der Waals surface area contributed by atoms with Gasteiger partial charge in [-0.15, -0.1) is 0 Å². The van der Waals surface area contributed by atoms with E-state index in [1.54, 1.807) is 30.7 Å². The number of sulfonamides is 1. The molecule has 0 bridgehead atoms. The number of nitrogens with zero attached hydrogens (tertiary/aromatic N) is 2. The third kappa shape index (κ3) is 4.07. The van der Waals surface area contributed by atoms with E-state index in [0.29, 0.717) is 16.6 Å². The normalized spacial score (nSPS) is 11.6. The lowest BCUT2D eigenvalue weighted by Gasteiger charge is -2.11. The Morgan fingerprint density at radius 1 is 1.16 bits per heavy atom. The van der Waals surface area contributed by atoms with Crippen molar-refractivity contribution in [1.82, 2.24) is 20.3 Å². The van der Waals surface area contributed by atoms with Crippen molar-refractivity contribution in [2.75, 3.05) is 17.6 Å². The Morgan fingerprint density at radius 3 is 2.69 bits per heavy atom. The summed E-state index contributed by atoms with van der Waals surface area (Å²) in [6.07, 6.45) is 6.13. The highest BCUT2D eigenvalue weighted by Crippen LogP contribution is 2.29. The van der Waals surface area contributed by atoms with Crippen LogP contribution in [0.15, 0.2) is 55.1 Å². The highest BCUT2D eigenvalue weighted by molar-refractivity contribution is 7.92. The van der Waals surface area contributed by atoms with Crippen LogP contribution in [-0.2, 0) is 10.0 Å². The molecule has 0 saturated heterocycles. The van der Waals surface area contributed by atoms with Crippen LogP contribution in [0.3, 0.4) is 0 Å². The number of aromatic amines is 1. The van der Waals surface area contributed by atoms with Crippen LogP contribution in [0.4, 0.5) is 14.5 Å². The molecule has 164 valence electrons. The molecular formula is C21H17F2N5O3S. The number of nitrogens with one attached hydrogen (secondary N) is 3. The molecule has 4 rings (SSSR count). The predicted octanol–water partition coefficient (Wildman–Crippen LogP) is 3.05. The maximum Gasteiger partial charge on any atom is 0.245 e. The summed E-state index contributed by atoms with van der Waals surface area (Å²) < 4.78 is 55.5. The second-order valence-corrected chi connectivity index (χ2v) is 8.61. The quantitative estimate of drug-likeness (QED) is 0.367. The van der Waals surface area contributed by atoms with Crippen molar-refractivity contribution in [2.45, 2.75) is 0 Å². The maximum absolute atomic E-state index is 15.0. The highest BCUT2D eigenvalue weighted by Gasteiger charge is 2.26. The number of anilines is 1. The third-order valence-electron chi connectivity index (χ3n) is 4.69. The summed E-state index contributed by atoms with van der Waals surface area (Å²) in [5.41, 5.74) is 0.355. The zero-order chi connectivity index (χ0) is 22.9. The molecule has 0 radical (unpaired) electrons. The molecule has 3 N–H and O–H groups in total. The van der Waals surface area contributed by atoms with Crippen LogP contribution in [0, 0.1) is 11.6 Å². The van der Waals surface area contributed by atoms with Gasteiger partial charge in [-0.05, 0) is 31.3 Å². The van der Waals surface area contributed by atoms with E-state index in [2.05, 4.69) is 20.3 Å². The molecule has 1 aromatic carbocycles. The van der Waals surface area contributed by atoms with Crippen LogP contribution >= 0.6 is 0 Å². The lowest BCUT2D eigenvalue weighted by atomic mass is 10.00. The lowest BCUT2D eigenvalue weighted by molar-refractivity contribution is 0.103. The van der Waals surface area contributed by atoms with Gasteiger partial charge in [-0.2, -0.15) is 0 Å². The van der Waals surface area contributed by atoms with Crippen LogP contribution in [0.25, 0.3) is 22.2 Å². The maximum atomic E-state index is 15.0. The second-order valence-electron chi connectivity index (χ2n) is 6.89. The standard InChI is InChI=1S/C21H17F2N5O3S/c1-24-11-32(30,31)28-17-5-4-16(22)18(19(17)23)20(29)15-10-27-21-14(15)7-13(9-26-21)12-3-2-6-25-8-12/h2-10,24,28H,11H2,1H3,(H,26,27). The van der Waals surface area contributed by atoms with Gasteiger partial charge >= 0.3 is 0 Å². The average Bonchev–Trinajstić information content (AvgIpc) is 3.19. The highest BCUT2D eigenvalue weighted by atomic mass is 32.2. The van der Waals surface area contributed by atoms with Gasteiger partial charge in [0.1, 0.15) is 17.3 Å². The van der Waals surface area contributed by atoms with Crippen molar-refractivity contribution < 1.29 is 22.0 Å². The minimum absolute atomic E-state index is 0.00808. The molecule has 32 heavy (non-hydrogen) atoms. The van der Waals surface area contributed by atoms with E-state index >= 15 is 4.39 Å². The fourth-order valence-corrected chi connectivity index (χ4v) is 4.20. The zero-order valence-electron chi connectivity index (χ0n) is 16.7. The number of hydrogen-bond donors (Lipinski definition) is 3. The minimum atomic E-state index is -3.94. The van der Waals surface area contributed by atoms with Crippen molar-refractivity contribution >= 4 is 32.5 Å². The van der Waals surface area contributed by atoms with Gasteiger partial charge < -0.3 is 10.3 Å². The summed E-state index contributed by atoms with van der Waals surface area (Å²) in [7, 11) is -2.54. The number of hydrogen-bond acceptors (Lipinski definition) is 6. The largest absolute Gasteiger partial charge is 0.345 e. The molecule has 11 heteroatoms. The van der Waals surface area contributed by atoms with Gasteiger partial charge in [0.2, 0.25) is 15.8 Å². The van der Waals surface area contributed by atoms with Crippen LogP contribution in [0.2, 0.25) is 0 Å². The number of fused-ring (bicyclic) bond motifs is 1. The van der Waals surface area contributed by atoms with E-state index in [4.69, 9.17) is 0 Å². The topological polar surface area (TPSA) is 117 Å². The van der Waals surface area contributed by atoms with E-state index in [-0.39, 0.29) is 5.56 Å². The molecule has 0 atom stereocenters. The summed E-state index contributed by atoms with van der Waals surface area (Å²) in [6, 6.07) is 6.98. The van der Waals surface area contributed by atoms with Crippen molar-refractivity contribution in [3.05, 3.63) is 77.9 Å². The van der Waals surface area contributed by atoms with Gasteiger partial charge in [-0.25, -0.2) is 22.2 Å². The number of pyridine rings is 2. The van der Waals surface area contributed by atoms with Gasteiger partial charge in [0, 0.05) is 46.9 Å². The van der Waals surface area contributed by atoms with Crippen molar-refractivity contribution in [1.29, 1.82) is 0 Å². The molecule has 0 amide bonds. The second kappa shape index (κ2) is 8.44. The summed E-state index contributed by atoms with van der Waals surface area (Å²) in [6.45, 7) is 0. The van der Waals surface area contributed by atoms with Gasteiger partial charge in [0.05, 0.1) is 11.3 Å². The van der Waals surface area contributed by atoms with E-state index < -0.39 is 44.6 Å². The molecule has 0 aliphatic heterocycles. The van der Waals surface area contributed by atoms with Crippen molar-refractivity contribution in [3.8, 4) is 11.1 Å². The first-order valence-corrected chi connectivity index (χ1v) is 11.0. The van der Waals surface area contributed by atoms with E-state index in [9.17, 15) is 17.6 Å². The molecule has 3 heterocycles. The Hall–Kier alpha value is -3.70. The average molecular weight is 457 g/mol. The first-order chi connectivity index (χ1) is 15.3. The van der Waals surface area contributed by atoms with E-state index in [1.165, 1.54) is 13.2 Å². The van der Waals surface area contributed by atoms with Gasteiger partial charge in [0.15, 0.2) is 5.82 Å². The SMILES string of the molecule is CNCS(=O)(=O)Nc1ccc(F)c(C(=O)c2c[nH]c3ncc(-c4cccnc4)cc23)c1F. The van der Waals surface area contributed by atoms with Crippen molar-refractivity contribution in [2.24, 2.45) is 0 Å². The molecular weight excluding hydrogens is 440 g/mol. The Kier molecular flexibility index (Phi) is 5.68. The summed E-state index contributed by atoms with van der Waals surface area (Å²) in [4.78, 5) is 24.2. The van der Waals surface area contributed by atoms with Crippen LogP contribution < -0.4 is 10.0 Å². The Morgan fingerprint density at radius 2 is 1.97 bits per heavy atom. The van der Waals surface area contributed by atoms with Crippen LogP contribution in [0.5, 0.6) is 0 Å². The number of ketones is 1. The van der Waals surface area contributed by atoms with Gasteiger partial charge in [0.25, 0.3) is 0 Å². The molecule has 4 aromatic rings. The Labute approximate surface area is 181 Å². The number of rotatable bonds is 7. The fourth-order valence-electron chi connectivity index (χ4n) is 3.25. The van der Waals surface area contributed by atoms with E-state index in [0.717, 1.165) is 17.7 Å². The van der Waals surface area contributed by atoms with Crippen molar-refractivity contribution in [3.63, 3.8) is 0 Å². The van der Waals surface area contributed by atoms with Crippen LogP contribution in [0.1, 0.15) is 15.9 Å². The molecule has 0 spiro atoms. The molecule has 0 unspecified atom stereocenters. The van der Waals surface area contributed by atoms with Crippen LogP contribution in [-0.4, -0.2) is 42.1 Å². The number of benzene rings is 1. The number of aromatic nitrogens is 3. The summed E-state index contributed by atoms with van der Waals surface area (Å²) in [5, 5.41) is 2.79. The number of carbonyl (C=O) groups excluding carboxylic acids is 1. The monoisotopic (exact) mass is 457 g/mol. The first kappa shape index (κ1) is 21.5. The summed E-state index contributed by atoms with van der Waals surface area (Å²) in [5.74, 6) is -3.86. The minimum Gasteiger partial charge on any atom is -0.345 e. The lowest BCUT2D eigenvalue weighted by Crippen LogP contribution is -2.26. The molecule has 0 aliphatic carbocycles. The van der Waals surface area contributed by atoms with Gasteiger partial charge in [-0.1, -0.05) is 6.07 Å². The Bertz CT molecular complexity index is 1420. The molecule has 0 saturated carbocycles. The van der Waals surface area contributed by atoms with E-state index in [1.807, 2.05) is 10.8 Å². The summed E-state index contributed by atoms with van der Waals surface area (Å²) >= 11 is 0. The molecule has 0 aliphatic rings. The zero-order valence-corrected chi connectivity index (χ0v) is 17.5. The number of H-pyrrole nitrogens is 1. The molecule has 3 aromatic heterocycles. The smallest absolute Gasteiger partial charge is 0.245 e.